The summed E-state index contributed by atoms with van der Waals surface area (Å²) in [7, 11) is 1.52. The predicted molar refractivity (Wildman–Crippen MR) is 244 cm³/mol. The average molecular weight is 971 g/mol. The summed E-state index contributed by atoms with van der Waals surface area (Å²) in [4.78, 5) is 52.3. The third-order valence-corrected chi connectivity index (χ3v) is 14.3. The molecule has 0 aromatic carbocycles. The van der Waals surface area contributed by atoms with E-state index in [2.05, 4.69) is 64.8 Å². The molecule has 0 unspecified atom stereocenters. The van der Waals surface area contributed by atoms with Gasteiger partial charge in [0.15, 0.2) is 23.7 Å². The Morgan fingerprint density at radius 2 is 1.15 bits per heavy atom. The van der Waals surface area contributed by atoms with Crippen LogP contribution in [0.25, 0.3) is 30.6 Å². The second-order valence-corrected chi connectivity index (χ2v) is 18.8. The molecule has 0 saturated carbocycles. The van der Waals surface area contributed by atoms with E-state index >= 15 is 0 Å². The zero-order valence-electron chi connectivity index (χ0n) is 33.0. The molecular formula is C37H42Cl3N11O6S4. The summed E-state index contributed by atoms with van der Waals surface area (Å²) >= 11 is 24.1. The Bertz CT molecular complexity index is 2390. The largest absolute Gasteiger partial charge is 0.378 e. The lowest BCUT2D eigenvalue weighted by Crippen LogP contribution is -2.42. The first-order valence-corrected chi connectivity index (χ1v) is 23.8. The molecule has 0 bridgehead atoms. The Hall–Kier alpha value is -2.87. The Kier molecular flexibility index (Phi) is 15.9. The SMILES string of the molecule is COOSN1CCN(Cc2cc3nc(Cl)nc(N4CCOCC4)c3s2)CC1.Clc1nc(N2CCOCC2)c2sccc2n1.O=Cc1cc2nc(Cl)nc(N3CCOCC3)c2s1. The van der Waals surface area contributed by atoms with E-state index in [0.717, 1.165) is 153 Å². The van der Waals surface area contributed by atoms with Crippen LogP contribution in [0.5, 0.6) is 0 Å². The van der Waals surface area contributed by atoms with E-state index in [9.17, 15) is 4.79 Å². The molecule has 0 radical (unpaired) electrons. The van der Waals surface area contributed by atoms with E-state index in [1.165, 1.54) is 35.6 Å². The molecule has 61 heavy (non-hydrogen) atoms. The molecule has 0 N–H and O–H groups in total. The number of halogens is 3. The van der Waals surface area contributed by atoms with Crippen LogP contribution in [0.3, 0.4) is 0 Å². The number of carbonyl (C=O) groups is 1. The van der Waals surface area contributed by atoms with Crippen molar-refractivity contribution < 1.29 is 28.2 Å². The summed E-state index contributed by atoms with van der Waals surface area (Å²) in [5.41, 5.74) is 2.58. The number of ether oxygens (including phenoxy) is 3. The van der Waals surface area contributed by atoms with Crippen LogP contribution in [0, 0.1) is 0 Å². The average Bonchev–Trinajstić information content (AvgIpc) is 4.05. The van der Waals surface area contributed by atoms with Gasteiger partial charge >= 0.3 is 0 Å². The number of piperazine rings is 1. The summed E-state index contributed by atoms with van der Waals surface area (Å²) < 4.78 is 26.3. The fourth-order valence-electron chi connectivity index (χ4n) is 7.02. The van der Waals surface area contributed by atoms with Crippen LogP contribution in [-0.4, -0.2) is 158 Å². The van der Waals surface area contributed by atoms with Gasteiger partial charge in [-0.1, -0.05) is 0 Å². The fraction of sp³-hybridized carbons (Fsp3) is 0.486. The number of aromatic nitrogens is 6. The van der Waals surface area contributed by atoms with Crippen LogP contribution < -0.4 is 14.7 Å². The second kappa shape index (κ2) is 21.7. The zero-order valence-corrected chi connectivity index (χ0v) is 38.6. The number of fused-ring (bicyclic) bond motifs is 3. The normalized spacial score (nSPS) is 18.0. The van der Waals surface area contributed by atoms with Crippen LogP contribution in [0.4, 0.5) is 17.5 Å². The molecule has 0 atom stereocenters. The molecule has 0 spiro atoms. The quantitative estimate of drug-likeness (QED) is 0.0380. The number of hydrogen-bond acceptors (Lipinski definition) is 21. The lowest BCUT2D eigenvalue weighted by molar-refractivity contribution is -0.164. The third kappa shape index (κ3) is 11.5. The van der Waals surface area contributed by atoms with E-state index in [1.54, 1.807) is 28.7 Å². The van der Waals surface area contributed by atoms with Gasteiger partial charge in [0, 0.05) is 76.9 Å². The van der Waals surface area contributed by atoms with Gasteiger partial charge in [0.1, 0.15) is 12.2 Å². The number of aldehydes is 1. The van der Waals surface area contributed by atoms with Crippen LogP contribution in [-0.2, 0) is 30.0 Å². The highest BCUT2D eigenvalue weighted by Gasteiger charge is 2.23. The number of rotatable bonds is 9. The van der Waals surface area contributed by atoms with Crippen LogP contribution in [0.1, 0.15) is 14.5 Å². The van der Waals surface area contributed by atoms with Gasteiger partial charge in [-0.15, -0.1) is 38.3 Å². The highest BCUT2D eigenvalue weighted by Crippen LogP contribution is 2.35. The first-order valence-electron chi connectivity index (χ1n) is 19.5. The first kappa shape index (κ1) is 44.7. The van der Waals surface area contributed by atoms with Gasteiger partial charge in [-0.25, -0.2) is 24.1 Å². The highest BCUT2D eigenvalue weighted by atomic mass is 35.5. The summed E-state index contributed by atoms with van der Waals surface area (Å²) in [6.07, 6.45) is 0.823. The molecule has 4 aliphatic heterocycles. The van der Waals surface area contributed by atoms with Crippen LogP contribution >= 0.6 is 81.0 Å². The topological polar surface area (TPSA) is 157 Å². The summed E-state index contributed by atoms with van der Waals surface area (Å²) in [5, 5.41) is 2.84. The third-order valence-electron chi connectivity index (χ3n) is 9.94. The number of thiophene rings is 3. The van der Waals surface area contributed by atoms with Gasteiger partial charge in [-0.05, 0) is 58.4 Å². The number of morpholine rings is 3. The van der Waals surface area contributed by atoms with Crippen molar-refractivity contribution >= 4 is 135 Å². The number of carbonyl (C=O) groups excluding carboxylic acids is 1. The zero-order chi connectivity index (χ0) is 42.1. The van der Waals surface area contributed by atoms with Gasteiger partial charge in [0.2, 0.25) is 15.9 Å². The van der Waals surface area contributed by atoms with E-state index in [4.69, 9.17) is 53.3 Å². The molecular weight excluding hydrogens is 929 g/mol. The molecule has 0 aliphatic carbocycles. The maximum Gasteiger partial charge on any atom is 0.224 e. The van der Waals surface area contributed by atoms with Crippen molar-refractivity contribution in [2.45, 2.75) is 6.54 Å². The summed E-state index contributed by atoms with van der Waals surface area (Å²) in [6.45, 7) is 14.0. The van der Waals surface area contributed by atoms with E-state index in [1.807, 2.05) is 11.4 Å². The van der Waals surface area contributed by atoms with Crippen molar-refractivity contribution in [3.8, 4) is 0 Å². The molecule has 4 fully saturated rings. The smallest absolute Gasteiger partial charge is 0.224 e. The van der Waals surface area contributed by atoms with Crippen molar-refractivity contribution in [1.29, 1.82) is 0 Å². The number of nitrogens with zero attached hydrogens (tertiary/aromatic N) is 11. The first-order chi connectivity index (χ1) is 29.8. The van der Waals surface area contributed by atoms with Gasteiger partial charge in [-0.3, -0.25) is 9.69 Å². The molecule has 10 rings (SSSR count). The number of hydrogen-bond donors (Lipinski definition) is 0. The minimum absolute atomic E-state index is 0.208. The molecule has 4 saturated heterocycles. The van der Waals surface area contributed by atoms with Gasteiger partial charge < -0.3 is 28.9 Å². The Morgan fingerprint density at radius 3 is 1.67 bits per heavy atom. The molecule has 24 heteroatoms. The molecule has 17 nitrogen and oxygen atoms in total. The fourth-order valence-corrected chi connectivity index (χ4v) is 10.9. The van der Waals surface area contributed by atoms with Crippen molar-refractivity contribution in [2.75, 3.05) is 127 Å². The van der Waals surface area contributed by atoms with Gasteiger partial charge in [-0.2, -0.15) is 15.0 Å². The van der Waals surface area contributed by atoms with E-state index < -0.39 is 0 Å². The Morgan fingerprint density at radius 1 is 0.656 bits per heavy atom. The Labute approximate surface area is 383 Å². The summed E-state index contributed by atoms with van der Waals surface area (Å²) in [5.74, 6) is 2.67. The van der Waals surface area contributed by atoms with E-state index in [0.29, 0.717) is 28.7 Å². The lowest BCUT2D eigenvalue weighted by Gasteiger charge is -2.32. The Balaban J connectivity index is 0.000000132. The van der Waals surface area contributed by atoms with Crippen LogP contribution in [0.15, 0.2) is 23.6 Å². The molecule has 6 aromatic heterocycles. The maximum atomic E-state index is 10.8. The van der Waals surface area contributed by atoms with Gasteiger partial charge in [0.05, 0.1) is 82.3 Å². The van der Waals surface area contributed by atoms with Crippen molar-refractivity contribution in [3.63, 3.8) is 0 Å². The molecule has 6 aromatic rings. The van der Waals surface area contributed by atoms with E-state index in [-0.39, 0.29) is 5.28 Å². The standard InChI is InChI=1S/C16H22ClN5O3S2.C11H10ClN3O2S.C10H10ClN3OS/c1-23-25-27-22-4-2-20(3-5-22)11-12-10-13-14(26-12)15(19-16(17)18-13)21-6-8-24-9-7-21;12-11-13-8-5-7(6-16)18-9(8)10(14-11)15-1-3-17-4-2-15;11-10-12-7-1-6-16-8(7)9(13-10)14-2-4-15-5-3-14/h10H,2-9,11H2,1H3;5-6H,1-4H2;1,6H,2-5H2. The highest BCUT2D eigenvalue weighted by molar-refractivity contribution is 7.92. The van der Waals surface area contributed by atoms with Gasteiger partial charge in [0.25, 0.3) is 0 Å². The monoisotopic (exact) mass is 969 g/mol. The second-order valence-electron chi connectivity index (χ2n) is 13.8. The summed E-state index contributed by atoms with van der Waals surface area (Å²) in [6, 6.07) is 5.86. The lowest BCUT2D eigenvalue weighted by atomic mass is 10.3. The number of anilines is 3. The van der Waals surface area contributed by atoms with Crippen molar-refractivity contribution in [1.82, 2.24) is 39.1 Å². The maximum absolute atomic E-state index is 10.8. The molecule has 10 heterocycles. The minimum Gasteiger partial charge on any atom is -0.378 e. The minimum atomic E-state index is 0.208. The molecule has 326 valence electrons. The predicted octanol–water partition coefficient (Wildman–Crippen LogP) is 6.62. The molecule has 4 aliphatic rings. The molecule has 0 amide bonds. The van der Waals surface area contributed by atoms with Crippen molar-refractivity contribution in [2.24, 2.45) is 0 Å². The van der Waals surface area contributed by atoms with Crippen LogP contribution in [0.2, 0.25) is 15.9 Å². The van der Waals surface area contributed by atoms with Crippen molar-refractivity contribution in [3.05, 3.63) is 49.2 Å².